The molecular formula is C25H26ClN3O3S. The summed E-state index contributed by atoms with van der Waals surface area (Å²) in [4.78, 5) is 31.0. The first-order valence-corrected chi connectivity index (χ1v) is 12.5. The summed E-state index contributed by atoms with van der Waals surface area (Å²) in [5, 5.41) is 4.10. The van der Waals surface area contributed by atoms with Crippen molar-refractivity contribution in [1.29, 1.82) is 0 Å². The van der Waals surface area contributed by atoms with E-state index in [9.17, 15) is 9.59 Å². The molecule has 0 bridgehead atoms. The van der Waals surface area contributed by atoms with Gasteiger partial charge in [-0.25, -0.2) is 0 Å². The number of aromatic nitrogens is 1. The Balaban J connectivity index is 1.54. The summed E-state index contributed by atoms with van der Waals surface area (Å²) in [5.41, 5.74) is 3.76. The molecule has 2 aliphatic heterocycles. The van der Waals surface area contributed by atoms with Gasteiger partial charge in [-0.3, -0.25) is 19.5 Å². The third kappa shape index (κ3) is 4.50. The van der Waals surface area contributed by atoms with Gasteiger partial charge in [-0.1, -0.05) is 18.5 Å². The summed E-state index contributed by atoms with van der Waals surface area (Å²) in [5.74, 6) is 1.18. The summed E-state index contributed by atoms with van der Waals surface area (Å²) in [6.07, 6.45) is 3.47. The summed E-state index contributed by atoms with van der Waals surface area (Å²) in [6.45, 7) is 6.37. The molecular weight excluding hydrogens is 458 g/mol. The number of pyridine rings is 1. The molecule has 2 aromatic heterocycles. The molecule has 2 atom stereocenters. The van der Waals surface area contributed by atoms with Crippen LogP contribution in [0.2, 0.25) is 5.02 Å². The number of carbonyl (C=O) groups is 2. The lowest BCUT2D eigenvalue weighted by Crippen LogP contribution is -2.41. The Labute approximate surface area is 201 Å². The first kappa shape index (κ1) is 22.3. The lowest BCUT2D eigenvalue weighted by Gasteiger charge is -2.30. The summed E-state index contributed by atoms with van der Waals surface area (Å²) in [6, 6.07) is 7.83. The van der Waals surface area contributed by atoms with E-state index in [4.69, 9.17) is 16.3 Å². The maximum absolute atomic E-state index is 12.1. The van der Waals surface area contributed by atoms with Crippen LogP contribution in [0.1, 0.15) is 36.6 Å². The molecule has 2 aliphatic rings. The number of piperidine rings is 1. The fourth-order valence-corrected chi connectivity index (χ4v) is 6.08. The molecule has 0 radical (unpaired) electrons. The van der Waals surface area contributed by atoms with Gasteiger partial charge in [-0.05, 0) is 55.6 Å². The number of nitrogens with zero attached hydrogens (tertiary/aromatic N) is 2. The van der Waals surface area contributed by atoms with Gasteiger partial charge in [-0.2, -0.15) is 0 Å². The van der Waals surface area contributed by atoms with Gasteiger partial charge >= 0.3 is 0 Å². The second-order valence-electron chi connectivity index (χ2n) is 9.00. The lowest BCUT2D eigenvalue weighted by atomic mass is 9.98. The number of benzene rings is 1. The predicted molar refractivity (Wildman–Crippen MR) is 131 cm³/mol. The van der Waals surface area contributed by atoms with Gasteiger partial charge in [0.05, 0.1) is 16.8 Å². The molecule has 1 N–H and O–H groups in total. The van der Waals surface area contributed by atoms with Crippen LogP contribution >= 0.6 is 22.9 Å². The van der Waals surface area contributed by atoms with E-state index in [0.29, 0.717) is 30.3 Å². The molecule has 8 heteroatoms. The number of imide groups is 1. The fraction of sp³-hybridized carbons (Fsp3) is 0.400. The molecule has 33 heavy (non-hydrogen) atoms. The van der Waals surface area contributed by atoms with E-state index in [1.807, 2.05) is 31.2 Å². The Bertz CT molecular complexity index is 1230. The number of nitrogens with one attached hydrogen (secondary N) is 1. The smallest absolute Gasteiger partial charge is 0.230 e. The van der Waals surface area contributed by atoms with Crippen LogP contribution in [0.3, 0.4) is 0 Å². The van der Waals surface area contributed by atoms with Crippen LogP contribution in [-0.2, 0) is 16.1 Å². The number of likely N-dealkylation sites (tertiary alicyclic amines) is 1. The van der Waals surface area contributed by atoms with Crippen molar-refractivity contribution in [2.45, 2.75) is 45.8 Å². The molecule has 0 aliphatic carbocycles. The number of ether oxygens (including phenoxy) is 1. The molecule has 1 aromatic carbocycles. The largest absolute Gasteiger partial charge is 0.488 e. The number of aryl methyl sites for hydroxylation is 1. The number of thiophene rings is 1. The van der Waals surface area contributed by atoms with Crippen LogP contribution in [0, 0.1) is 12.8 Å². The fourth-order valence-electron chi connectivity index (χ4n) is 4.68. The van der Waals surface area contributed by atoms with Gasteiger partial charge in [0.25, 0.3) is 0 Å². The molecule has 6 nitrogen and oxygen atoms in total. The van der Waals surface area contributed by atoms with Crippen molar-refractivity contribution >= 4 is 45.0 Å². The Kier molecular flexibility index (Phi) is 6.12. The highest BCUT2D eigenvalue weighted by atomic mass is 35.5. The molecule has 5 rings (SSSR count). The topological polar surface area (TPSA) is 71.5 Å². The van der Waals surface area contributed by atoms with Crippen molar-refractivity contribution in [3.05, 3.63) is 45.9 Å². The molecule has 3 aromatic rings. The van der Waals surface area contributed by atoms with Crippen LogP contribution in [0.5, 0.6) is 5.75 Å². The van der Waals surface area contributed by atoms with E-state index in [1.165, 1.54) is 4.90 Å². The monoisotopic (exact) mass is 483 g/mol. The minimum Gasteiger partial charge on any atom is -0.488 e. The Morgan fingerprint density at radius 1 is 1.18 bits per heavy atom. The molecule has 2 saturated heterocycles. The maximum atomic E-state index is 12.1. The predicted octanol–water partition coefficient (Wildman–Crippen LogP) is 4.95. The second-order valence-corrected chi connectivity index (χ2v) is 10.6. The number of rotatable bonds is 5. The lowest BCUT2D eigenvalue weighted by molar-refractivity contribution is -0.138. The van der Waals surface area contributed by atoms with Gasteiger partial charge in [0.15, 0.2) is 0 Å². The highest BCUT2D eigenvalue weighted by Gasteiger charge is 2.29. The number of amides is 2. The van der Waals surface area contributed by atoms with Crippen molar-refractivity contribution in [1.82, 2.24) is 15.2 Å². The Hall–Kier alpha value is -2.48. The number of carbonyl (C=O) groups excluding carboxylic acids is 2. The quantitative estimate of drug-likeness (QED) is 0.520. The zero-order chi connectivity index (χ0) is 23.1. The standard InChI is InChI=1S/C25H26ClN3O3S/c1-14-7-17(12-27-11-14)32-24-15(2)8-16(26)9-20(24)19-5-6-28-21-10-18(33-25(19)21)13-29-22(30)3-4-23(29)31/h5-6,8-10,14,17,27H,3-4,7,11-13H2,1-2H3/t14-,17+/m1/s1. The van der Waals surface area contributed by atoms with E-state index in [0.717, 1.165) is 57.0 Å². The number of hydrogen-bond donors (Lipinski definition) is 1. The van der Waals surface area contributed by atoms with Crippen LogP contribution in [0.4, 0.5) is 0 Å². The molecule has 0 spiro atoms. The minimum atomic E-state index is -0.109. The molecule has 4 heterocycles. The number of hydrogen-bond acceptors (Lipinski definition) is 6. The van der Waals surface area contributed by atoms with Crippen molar-refractivity contribution in [2.75, 3.05) is 13.1 Å². The van der Waals surface area contributed by atoms with E-state index in [-0.39, 0.29) is 17.9 Å². The first-order chi connectivity index (χ1) is 15.9. The van der Waals surface area contributed by atoms with Gasteiger partial charge in [0.2, 0.25) is 11.8 Å². The van der Waals surface area contributed by atoms with Gasteiger partial charge in [0, 0.05) is 46.6 Å². The zero-order valence-corrected chi connectivity index (χ0v) is 20.3. The van der Waals surface area contributed by atoms with Crippen molar-refractivity contribution in [2.24, 2.45) is 5.92 Å². The second kappa shape index (κ2) is 9.05. The van der Waals surface area contributed by atoms with Crippen LogP contribution in [0.15, 0.2) is 30.5 Å². The van der Waals surface area contributed by atoms with Crippen molar-refractivity contribution < 1.29 is 14.3 Å². The third-order valence-corrected chi connectivity index (χ3v) is 7.64. The van der Waals surface area contributed by atoms with Crippen LogP contribution < -0.4 is 10.1 Å². The third-order valence-electron chi connectivity index (χ3n) is 6.28. The van der Waals surface area contributed by atoms with E-state index < -0.39 is 0 Å². The zero-order valence-electron chi connectivity index (χ0n) is 18.7. The molecule has 2 fully saturated rings. The molecule has 0 saturated carbocycles. The SMILES string of the molecule is Cc1cc(Cl)cc(-c2ccnc3cc(CN4C(=O)CCC4=O)sc23)c1O[C@@H]1CNC[C@H](C)C1. The Morgan fingerprint density at radius 2 is 1.97 bits per heavy atom. The average molecular weight is 484 g/mol. The number of fused-ring (bicyclic) bond motifs is 1. The maximum Gasteiger partial charge on any atom is 0.230 e. The summed E-state index contributed by atoms with van der Waals surface area (Å²) in [7, 11) is 0. The summed E-state index contributed by atoms with van der Waals surface area (Å²) >= 11 is 8.03. The molecule has 172 valence electrons. The minimum absolute atomic E-state index is 0.0933. The first-order valence-electron chi connectivity index (χ1n) is 11.3. The highest BCUT2D eigenvalue weighted by molar-refractivity contribution is 7.19. The van der Waals surface area contributed by atoms with Crippen LogP contribution in [-0.4, -0.2) is 40.9 Å². The highest BCUT2D eigenvalue weighted by Crippen LogP contribution is 2.42. The van der Waals surface area contributed by atoms with E-state index in [1.54, 1.807) is 17.5 Å². The molecule has 0 unspecified atom stereocenters. The normalized spacial score (nSPS) is 21.2. The van der Waals surface area contributed by atoms with Gasteiger partial charge < -0.3 is 10.1 Å². The average Bonchev–Trinajstić information content (AvgIpc) is 3.33. The number of halogens is 1. The van der Waals surface area contributed by atoms with E-state index >= 15 is 0 Å². The van der Waals surface area contributed by atoms with Gasteiger partial charge in [-0.15, -0.1) is 11.3 Å². The summed E-state index contributed by atoms with van der Waals surface area (Å²) < 4.78 is 7.55. The van der Waals surface area contributed by atoms with Crippen LogP contribution in [0.25, 0.3) is 21.3 Å². The van der Waals surface area contributed by atoms with Crippen molar-refractivity contribution in [3.8, 4) is 16.9 Å². The Morgan fingerprint density at radius 3 is 2.73 bits per heavy atom. The molecule has 2 amide bonds. The van der Waals surface area contributed by atoms with Crippen molar-refractivity contribution in [3.63, 3.8) is 0 Å². The van der Waals surface area contributed by atoms with E-state index in [2.05, 4.69) is 17.2 Å². The van der Waals surface area contributed by atoms with Gasteiger partial charge in [0.1, 0.15) is 11.9 Å².